The Morgan fingerprint density at radius 2 is 1.93 bits per heavy atom. The highest BCUT2D eigenvalue weighted by molar-refractivity contribution is 7.80. The van der Waals surface area contributed by atoms with E-state index in [0.29, 0.717) is 22.8 Å². The van der Waals surface area contributed by atoms with Crippen molar-refractivity contribution < 1.29 is 27.8 Å². The lowest BCUT2D eigenvalue weighted by atomic mass is 10.1. The van der Waals surface area contributed by atoms with Crippen LogP contribution in [0.1, 0.15) is 43.1 Å². The minimum atomic E-state index is -2.40. The molecule has 0 radical (unpaired) electrons. The van der Waals surface area contributed by atoms with Crippen LogP contribution >= 0.6 is 11.3 Å². The molecule has 11 heteroatoms. The van der Waals surface area contributed by atoms with Gasteiger partial charge in [-0.15, -0.1) is 11.3 Å². The summed E-state index contributed by atoms with van der Waals surface area (Å²) in [6.45, 7) is 5.31. The standard InChI is InChI=1S/C19H25N3O6S2/c1-19(2,3)28-18(24)21-15(17-20-14(11-29-17)10-16(23)27-4)9-12-5-7-13(8-6-12)22-30(25)26/h5-8,11,15,22H,9-10H2,1-4H3,(H,21,24)(H,25,26)/p-1/t15-/m0/s1. The Balaban J connectivity index is 2.19. The maximum absolute atomic E-state index is 12.3. The summed E-state index contributed by atoms with van der Waals surface area (Å²) in [6.07, 6.45) is -0.151. The van der Waals surface area contributed by atoms with E-state index in [2.05, 4.69) is 19.8 Å². The molecular formula is C19H24N3O6S2-. The summed E-state index contributed by atoms with van der Waals surface area (Å²) in [7, 11) is 1.31. The Bertz CT molecular complexity index is 892. The Morgan fingerprint density at radius 1 is 1.27 bits per heavy atom. The number of hydrogen-bond donors (Lipinski definition) is 2. The first-order chi connectivity index (χ1) is 14.1. The van der Waals surface area contributed by atoms with Gasteiger partial charge >= 0.3 is 12.1 Å². The lowest BCUT2D eigenvalue weighted by Crippen LogP contribution is -2.35. The molecule has 2 rings (SSSR count). The molecule has 0 aliphatic heterocycles. The lowest BCUT2D eigenvalue weighted by molar-refractivity contribution is -0.139. The Labute approximate surface area is 181 Å². The number of esters is 1. The molecule has 0 spiro atoms. The quantitative estimate of drug-likeness (QED) is 0.463. The smallest absolute Gasteiger partial charge is 0.408 e. The highest BCUT2D eigenvalue weighted by Gasteiger charge is 2.23. The lowest BCUT2D eigenvalue weighted by Gasteiger charge is -2.23. The normalized spacial score (nSPS) is 13.2. The SMILES string of the molecule is COC(=O)Cc1csc([C@H](Cc2ccc(NS(=O)[O-])cc2)NC(=O)OC(C)(C)C)n1. The van der Waals surface area contributed by atoms with Crippen molar-refractivity contribution in [3.8, 4) is 0 Å². The van der Waals surface area contributed by atoms with Gasteiger partial charge in [-0.3, -0.25) is 9.00 Å². The molecule has 1 heterocycles. The summed E-state index contributed by atoms with van der Waals surface area (Å²) in [5.41, 5.74) is 1.17. The zero-order valence-electron chi connectivity index (χ0n) is 17.1. The van der Waals surface area contributed by atoms with Crippen LogP contribution in [-0.4, -0.2) is 38.5 Å². The van der Waals surface area contributed by atoms with Gasteiger partial charge in [0.2, 0.25) is 0 Å². The number of methoxy groups -OCH3 is 1. The molecule has 0 saturated heterocycles. The van der Waals surface area contributed by atoms with Crippen molar-refractivity contribution in [1.82, 2.24) is 10.3 Å². The number of nitrogens with zero attached hydrogens (tertiary/aromatic N) is 1. The van der Waals surface area contributed by atoms with Crippen molar-refractivity contribution in [1.29, 1.82) is 0 Å². The van der Waals surface area contributed by atoms with Crippen LogP contribution in [0.25, 0.3) is 0 Å². The molecule has 0 bridgehead atoms. The number of rotatable bonds is 8. The second kappa shape index (κ2) is 10.5. The van der Waals surface area contributed by atoms with Crippen LogP contribution in [0.5, 0.6) is 0 Å². The molecule has 0 aliphatic rings. The predicted octanol–water partition coefficient (Wildman–Crippen LogP) is 2.87. The molecule has 164 valence electrons. The Kier molecular flexibility index (Phi) is 8.33. The fourth-order valence-corrected chi connectivity index (χ4v) is 3.67. The summed E-state index contributed by atoms with van der Waals surface area (Å²) in [5.74, 6) is -0.401. The first kappa shape index (κ1) is 23.8. The number of nitrogens with one attached hydrogen (secondary N) is 2. The van der Waals surface area contributed by atoms with Crippen LogP contribution in [0.4, 0.5) is 10.5 Å². The Hall–Kier alpha value is -2.50. The van der Waals surface area contributed by atoms with Crippen LogP contribution in [-0.2, 0) is 38.4 Å². The second-order valence-electron chi connectivity index (χ2n) is 7.37. The molecule has 2 atom stereocenters. The van der Waals surface area contributed by atoms with Gasteiger partial charge in [-0.1, -0.05) is 12.1 Å². The molecule has 30 heavy (non-hydrogen) atoms. The first-order valence-electron chi connectivity index (χ1n) is 9.01. The highest BCUT2D eigenvalue weighted by atomic mass is 32.2. The molecule has 0 fully saturated rings. The van der Waals surface area contributed by atoms with Gasteiger partial charge < -0.3 is 24.1 Å². The third-order valence-electron chi connectivity index (χ3n) is 3.71. The molecule has 1 amide bonds. The predicted molar refractivity (Wildman–Crippen MR) is 113 cm³/mol. The number of aromatic nitrogens is 1. The van der Waals surface area contributed by atoms with E-state index in [-0.39, 0.29) is 6.42 Å². The number of amides is 1. The number of carbonyl (C=O) groups is 2. The minimum Gasteiger partial charge on any atom is -0.755 e. The van der Waals surface area contributed by atoms with Crippen LogP contribution < -0.4 is 10.0 Å². The third-order valence-corrected chi connectivity index (χ3v) is 5.12. The second-order valence-corrected chi connectivity index (χ2v) is 8.93. The van der Waals surface area contributed by atoms with Crippen molar-refractivity contribution in [3.63, 3.8) is 0 Å². The van der Waals surface area contributed by atoms with Gasteiger partial charge in [0.1, 0.15) is 10.6 Å². The minimum absolute atomic E-state index is 0.0405. The van der Waals surface area contributed by atoms with Crippen LogP contribution in [0, 0.1) is 0 Å². The van der Waals surface area contributed by atoms with E-state index in [1.807, 2.05) is 0 Å². The Morgan fingerprint density at radius 3 is 2.50 bits per heavy atom. The molecular weight excluding hydrogens is 430 g/mol. The molecule has 1 aromatic heterocycles. The topological polar surface area (TPSA) is 130 Å². The largest absolute Gasteiger partial charge is 0.755 e. The van der Waals surface area contributed by atoms with Crippen LogP contribution in [0.15, 0.2) is 29.6 Å². The monoisotopic (exact) mass is 454 g/mol. The van der Waals surface area contributed by atoms with Crippen molar-refractivity contribution in [2.24, 2.45) is 0 Å². The molecule has 9 nitrogen and oxygen atoms in total. The molecule has 0 aliphatic carbocycles. The number of carbonyl (C=O) groups excluding carboxylic acids is 2. The van der Waals surface area contributed by atoms with E-state index in [9.17, 15) is 18.4 Å². The van der Waals surface area contributed by atoms with Gasteiger partial charge in [0.25, 0.3) is 0 Å². The molecule has 2 N–H and O–H groups in total. The fraction of sp³-hybridized carbons (Fsp3) is 0.421. The first-order valence-corrected chi connectivity index (χ1v) is 11.0. The van der Waals surface area contributed by atoms with Crippen LogP contribution in [0.3, 0.4) is 0 Å². The summed E-state index contributed by atoms with van der Waals surface area (Å²) in [5, 5.41) is 5.18. The number of anilines is 1. The van der Waals surface area contributed by atoms with E-state index in [1.165, 1.54) is 18.4 Å². The van der Waals surface area contributed by atoms with Crippen LogP contribution in [0.2, 0.25) is 0 Å². The molecule has 2 aromatic rings. The number of ether oxygens (including phenoxy) is 2. The van der Waals surface area contributed by atoms with Gasteiger partial charge in [-0.05, 0) is 44.9 Å². The average Bonchev–Trinajstić information content (AvgIpc) is 3.09. The maximum Gasteiger partial charge on any atom is 0.408 e. The van der Waals surface area contributed by atoms with Crippen molar-refractivity contribution >= 4 is 40.4 Å². The van der Waals surface area contributed by atoms with Gasteiger partial charge in [-0.25, -0.2) is 9.78 Å². The zero-order valence-corrected chi connectivity index (χ0v) is 18.7. The third kappa shape index (κ3) is 8.09. The number of hydrogen-bond acceptors (Lipinski definition) is 8. The van der Waals surface area contributed by atoms with E-state index < -0.39 is 35.0 Å². The van der Waals surface area contributed by atoms with E-state index >= 15 is 0 Å². The van der Waals surface area contributed by atoms with Gasteiger partial charge in [0.05, 0.1) is 25.3 Å². The average molecular weight is 455 g/mol. The van der Waals surface area contributed by atoms with E-state index in [0.717, 1.165) is 5.56 Å². The number of benzene rings is 1. The summed E-state index contributed by atoms with van der Waals surface area (Å²) in [6, 6.07) is 6.26. The van der Waals surface area contributed by atoms with E-state index in [4.69, 9.17) is 4.74 Å². The van der Waals surface area contributed by atoms with Gasteiger partial charge in [0.15, 0.2) is 0 Å². The summed E-state index contributed by atoms with van der Waals surface area (Å²) in [4.78, 5) is 28.3. The maximum atomic E-state index is 12.3. The van der Waals surface area contributed by atoms with Crippen molar-refractivity contribution in [3.05, 3.63) is 45.9 Å². The highest BCUT2D eigenvalue weighted by Crippen LogP contribution is 2.24. The molecule has 1 unspecified atom stereocenters. The molecule has 1 aromatic carbocycles. The van der Waals surface area contributed by atoms with Gasteiger partial charge in [-0.2, -0.15) is 0 Å². The fourth-order valence-electron chi connectivity index (χ4n) is 2.47. The van der Waals surface area contributed by atoms with Gasteiger partial charge in [0, 0.05) is 22.3 Å². The molecule has 0 saturated carbocycles. The zero-order chi connectivity index (χ0) is 22.3. The number of alkyl carbamates (subject to hydrolysis) is 1. The summed E-state index contributed by atoms with van der Waals surface area (Å²) < 4.78 is 33.8. The number of thiazole rings is 1. The van der Waals surface area contributed by atoms with Crippen molar-refractivity contribution in [2.45, 2.75) is 45.3 Å². The van der Waals surface area contributed by atoms with Crippen molar-refractivity contribution in [2.75, 3.05) is 11.8 Å². The summed E-state index contributed by atoms with van der Waals surface area (Å²) >= 11 is -1.09. The van der Waals surface area contributed by atoms with E-state index in [1.54, 1.807) is 50.4 Å².